The van der Waals surface area contributed by atoms with Gasteiger partial charge in [-0.05, 0) is 18.2 Å². The van der Waals surface area contributed by atoms with Crippen LogP contribution >= 0.6 is 11.6 Å². The summed E-state index contributed by atoms with van der Waals surface area (Å²) in [5, 5.41) is 8.85. The minimum atomic E-state index is -4.43. The maximum Gasteiger partial charge on any atom is 0.416 e. The number of nitrogens with zero attached hydrogens (tertiary/aromatic N) is 2. The van der Waals surface area contributed by atoms with Crippen LogP contribution in [0, 0.1) is 0 Å². The van der Waals surface area contributed by atoms with Crippen LogP contribution in [0.1, 0.15) is 5.56 Å². The number of alkyl halides is 3. The van der Waals surface area contributed by atoms with Crippen LogP contribution in [0.4, 0.5) is 23.7 Å². The summed E-state index contributed by atoms with van der Waals surface area (Å²) in [6.45, 7) is 1.40. The second-order valence-corrected chi connectivity index (χ2v) is 4.83. The molecule has 1 saturated heterocycles. The fourth-order valence-electron chi connectivity index (χ4n) is 2.08. The van der Waals surface area contributed by atoms with Crippen molar-refractivity contribution in [2.24, 2.45) is 0 Å². The van der Waals surface area contributed by atoms with E-state index in [1.807, 2.05) is 0 Å². The van der Waals surface area contributed by atoms with Crippen LogP contribution in [0.5, 0.6) is 0 Å². The van der Waals surface area contributed by atoms with Crippen LogP contribution in [-0.2, 0) is 6.18 Å². The lowest BCUT2D eigenvalue weighted by Crippen LogP contribution is -2.48. The Kier molecular flexibility index (Phi) is 3.99. The van der Waals surface area contributed by atoms with Gasteiger partial charge in [0.05, 0.1) is 16.3 Å². The third-order valence-corrected chi connectivity index (χ3v) is 3.47. The van der Waals surface area contributed by atoms with Gasteiger partial charge < -0.3 is 14.9 Å². The average molecular weight is 309 g/mol. The fourth-order valence-corrected chi connectivity index (χ4v) is 2.38. The summed E-state index contributed by atoms with van der Waals surface area (Å²) in [5.41, 5.74) is -0.305. The van der Waals surface area contributed by atoms with Crippen LogP contribution in [-0.4, -0.2) is 42.3 Å². The van der Waals surface area contributed by atoms with Crippen molar-refractivity contribution in [3.05, 3.63) is 28.8 Å². The number of anilines is 1. The molecule has 0 aliphatic carbocycles. The molecule has 8 heteroatoms. The molecule has 1 heterocycles. The molecule has 1 N–H and O–H groups in total. The van der Waals surface area contributed by atoms with Crippen molar-refractivity contribution in [2.45, 2.75) is 6.18 Å². The van der Waals surface area contributed by atoms with Gasteiger partial charge in [0.2, 0.25) is 0 Å². The summed E-state index contributed by atoms with van der Waals surface area (Å²) in [6, 6.07) is 3.19. The zero-order valence-corrected chi connectivity index (χ0v) is 11.1. The summed E-state index contributed by atoms with van der Waals surface area (Å²) in [5.74, 6) is 0. The molecule has 0 aromatic heterocycles. The van der Waals surface area contributed by atoms with Gasteiger partial charge in [0.1, 0.15) is 0 Å². The van der Waals surface area contributed by atoms with Gasteiger partial charge in [0.15, 0.2) is 0 Å². The second kappa shape index (κ2) is 5.40. The highest BCUT2D eigenvalue weighted by atomic mass is 35.5. The molecule has 1 aliphatic heterocycles. The number of amides is 1. The molecule has 0 spiro atoms. The lowest BCUT2D eigenvalue weighted by molar-refractivity contribution is -0.137. The Bertz CT molecular complexity index is 514. The third kappa shape index (κ3) is 3.09. The summed E-state index contributed by atoms with van der Waals surface area (Å²) >= 11 is 5.90. The molecule has 0 unspecified atom stereocenters. The predicted molar refractivity (Wildman–Crippen MR) is 68.3 cm³/mol. The van der Waals surface area contributed by atoms with E-state index in [4.69, 9.17) is 16.7 Å². The second-order valence-electron chi connectivity index (χ2n) is 4.42. The minimum Gasteiger partial charge on any atom is -0.465 e. The van der Waals surface area contributed by atoms with Crippen LogP contribution in [0.3, 0.4) is 0 Å². The Balaban J connectivity index is 2.13. The molecule has 0 atom stereocenters. The van der Waals surface area contributed by atoms with Crippen molar-refractivity contribution in [1.29, 1.82) is 0 Å². The highest BCUT2D eigenvalue weighted by Gasteiger charge is 2.31. The zero-order valence-electron chi connectivity index (χ0n) is 10.3. The van der Waals surface area contributed by atoms with E-state index in [2.05, 4.69) is 0 Å². The van der Waals surface area contributed by atoms with Gasteiger partial charge in [-0.15, -0.1) is 0 Å². The average Bonchev–Trinajstić information content (AvgIpc) is 2.37. The Morgan fingerprint density at radius 2 is 1.80 bits per heavy atom. The number of piperazine rings is 1. The van der Waals surface area contributed by atoms with Crippen LogP contribution in [0.2, 0.25) is 5.02 Å². The quantitative estimate of drug-likeness (QED) is 0.866. The predicted octanol–water partition coefficient (Wildman–Crippen LogP) is 3.16. The van der Waals surface area contributed by atoms with Crippen molar-refractivity contribution in [3.63, 3.8) is 0 Å². The van der Waals surface area contributed by atoms with Crippen LogP contribution in [0.25, 0.3) is 0 Å². The van der Waals surface area contributed by atoms with Crippen molar-refractivity contribution in [3.8, 4) is 0 Å². The van der Waals surface area contributed by atoms with E-state index < -0.39 is 17.8 Å². The van der Waals surface area contributed by atoms with E-state index in [0.29, 0.717) is 31.9 Å². The van der Waals surface area contributed by atoms with Crippen molar-refractivity contribution in [1.82, 2.24) is 4.90 Å². The maximum atomic E-state index is 12.5. The molecular weight excluding hydrogens is 297 g/mol. The Morgan fingerprint density at radius 1 is 1.20 bits per heavy atom. The number of halogens is 4. The molecule has 0 bridgehead atoms. The number of rotatable bonds is 1. The van der Waals surface area contributed by atoms with E-state index in [-0.39, 0.29) is 5.02 Å². The molecule has 2 rings (SSSR count). The normalized spacial score (nSPS) is 16.4. The molecule has 1 fully saturated rings. The van der Waals surface area contributed by atoms with E-state index in [9.17, 15) is 18.0 Å². The van der Waals surface area contributed by atoms with Gasteiger partial charge in [-0.3, -0.25) is 0 Å². The fraction of sp³-hybridized carbons (Fsp3) is 0.417. The Hall–Kier alpha value is -1.63. The summed E-state index contributed by atoms with van der Waals surface area (Å²) < 4.78 is 37.6. The van der Waals surface area contributed by atoms with Gasteiger partial charge in [0.25, 0.3) is 0 Å². The molecular formula is C12H12ClF3N2O2. The standard InChI is InChI=1S/C12H12ClF3N2O2/c13-9-7-8(12(14,15)16)1-2-10(9)17-3-5-18(6-4-17)11(19)20/h1-2,7H,3-6H2,(H,19,20). The number of carbonyl (C=O) groups is 1. The lowest BCUT2D eigenvalue weighted by atomic mass is 10.1. The molecule has 110 valence electrons. The van der Waals surface area contributed by atoms with Gasteiger partial charge in [-0.1, -0.05) is 11.6 Å². The zero-order chi connectivity index (χ0) is 14.9. The lowest BCUT2D eigenvalue weighted by Gasteiger charge is -2.35. The smallest absolute Gasteiger partial charge is 0.416 e. The molecule has 1 aromatic rings. The van der Waals surface area contributed by atoms with Gasteiger partial charge in [-0.2, -0.15) is 13.2 Å². The SMILES string of the molecule is O=C(O)N1CCN(c2ccc(C(F)(F)F)cc2Cl)CC1. The minimum absolute atomic E-state index is 0.0172. The van der Waals surface area contributed by atoms with E-state index in [1.165, 1.54) is 11.0 Å². The van der Waals surface area contributed by atoms with Crippen molar-refractivity contribution in [2.75, 3.05) is 31.1 Å². The molecule has 1 amide bonds. The third-order valence-electron chi connectivity index (χ3n) is 3.17. The van der Waals surface area contributed by atoms with Crippen molar-refractivity contribution >= 4 is 23.4 Å². The van der Waals surface area contributed by atoms with Gasteiger partial charge in [-0.25, -0.2) is 4.79 Å². The monoisotopic (exact) mass is 308 g/mol. The molecule has 1 aromatic carbocycles. The Morgan fingerprint density at radius 3 is 2.25 bits per heavy atom. The molecule has 20 heavy (non-hydrogen) atoms. The highest BCUT2D eigenvalue weighted by molar-refractivity contribution is 6.33. The Labute approximate surface area is 118 Å². The topological polar surface area (TPSA) is 43.8 Å². The first-order valence-electron chi connectivity index (χ1n) is 5.88. The summed E-state index contributed by atoms with van der Waals surface area (Å²) in [7, 11) is 0. The molecule has 0 radical (unpaired) electrons. The molecule has 4 nitrogen and oxygen atoms in total. The number of carboxylic acid groups (broad SMARTS) is 1. The largest absolute Gasteiger partial charge is 0.465 e. The van der Waals surface area contributed by atoms with Crippen LogP contribution in [0.15, 0.2) is 18.2 Å². The molecule has 1 aliphatic rings. The number of hydrogen-bond acceptors (Lipinski definition) is 2. The number of hydrogen-bond donors (Lipinski definition) is 1. The first-order chi connectivity index (χ1) is 9.29. The molecule has 0 saturated carbocycles. The van der Waals surface area contributed by atoms with E-state index >= 15 is 0 Å². The first kappa shape index (κ1) is 14.8. The van der Waals surface area contributed by atoms with Crippen LogP contribution < -0.4 is 4.90 Å². The van der Waals surface area contributed by atoms with E-state index in [1.54, 1.807) is 4.90 Å². The van der Waals surface area contributed by atoms with E-state index in [0.717, 1.165) is 12.1 Å². The number of benzene rings is 1. The maximum absolute atomic E-state index is 12.5. The summed E-state index contributed by atoms with van der Waals surface area (Å²) in [6.07, 6.45) is -5.42. The van der Waals surface area contributed by atoms with Crippen molar-refractivity contribution < 1.29 is 23.1 Å². The van der Waals surface area contributed by atoms with Gasteiger partial charge in [0, 0.05) is 26.2 Å². The first-order valence-corrected chi connectivity index (χ1v) is 6.26. The van der Waals surface area contributed by atoms with Gasteiger partial charge >= 0.3 is 12.3 Å². The highest BCUT2D eigenvalue weighted by Crippen LogP contribution is 2.35. The summed E-state index contributed by atoms with van der Waals surface area (Å²) in [4.78, 5) is 13.8.